The molecule has 0 fully saturated rings. The maximum atomic E-state index is 11.2. The van der Waals surface area contributed by atoms with Crippen LogP contribution in [0.3, 0.4) is 0 Å². The molecular formula is C9H8NO2. The van der Waals surface area contributed by atoms with Crippen molar-refractivity contribution in [2.24, 2.45) is 0 Å². The summed E-state index contributed by atoms with van der Waals surface area (Å²) in [6.07, 6.45) is -0.485. The Morgan fingerprint density at radius 1 is 1.42 bits per heavy atom. The molecule has 0 saturated carbocycles. The minimum atomic E-state index is -0.485. The lowest BCUT2D eigenvalue weighted by molar-refractivity contribution is -0.129. The quantitative estimate of drug-likeness (QED) is 0.621. The summed E-state index contributed by atoms with van der Waals surface area (Å²) < 4.78 is 5.01. The van der Waals surface area contributed by atoms with Gasteiger partial charge < -0.3 is 4.74 Å². The zero-order chi connectivity index (χ0) is 8.55. The summed E-state index contributed by atoms with van der Waals surface area (Å²) in [5.74, 6) is -0.210. The van der Waals surface area contributed by atoms with E-state index in [0.29, 0.717) is 0 Å². The van der Waals surface area contributed by atoms with Crippen molar-refractivity contribution in [2.75, 3.05) is 7.11 Å². The van der Waals surface area contributed by atoms with Crippen molar-refractivity contribution in [1.82, 2.24) is 5.32 Å². The summed E-state index contributed by atoms with van der Waals surface area (Å²) in [6, 6.07) is 7.40. The lowest BCUT2D eigenvalue weighted by Gasteiger charge is -2.03. The highest BCUT2D eigenvalue weighted by Gasteiger charge is 2.31. The minimum Gasteiger partial charge on any atom is -0.367 e. The third-order valence-corrected chi connectivity index (χ3v) is 1.91. The van der Waals surface area contributed by atoms with Gasteiger partial charge in [-0.05, 0) is 6.07 Å². The highest BCUT2D eigenvalue weighted by Crippen LogP contribution is 2.32. The maximum absolute atomic E-state index is 11.2. The van der Waals surface area contributed by atoms with Gasteiger partial charge in [0, 0.05) is 12.7 Å². The van der Waals surface area contributed by atoms with Crippen molar-refractivity contribution in [3.63, 3.8) is 0 Å². The summed E-state index contributed by atoms with van der Waals surface area (Å²) in [6.45, 7) is 0. The average Bonchev–Trinajstić information content (AvgIpc) is 2.40. The van der Waals surface area contributed by atoms with E-state index in [1.54, 1.807) is 0 Å². The topological polar surface area (TPSA) is 40.4 Å². The highest BCUT2D eigenvalue weighted by atomic mass is 16.5. The molecule has 0 bridgehead atoms. The van der Waals surface area contributed by atoms with E-state index in [1.807, 2.05) is 24.3 Å². The molecule has 0 spiro atoms. The van der Waals surface area contributed by atoms with E-state index in [0.717, 1.165) is 11.3 Å². The van der Waals surface area contributed by atoms with Crippen LogP contribution in [0.1, 0.15) is 11.7 Å². The van der Waals surface area contributed by atoms with Gasteiger partial charge in [0.25, 0.3) is 5.91 Å². The predicted molar refractivity (Wildman–Crippen MR) is 43.0 cm³/mol. The van der Waals surface area contributed by atoms with Crippen LogP contribution in [0.25, 0.3) is 0 Å². The Hall–Kier alpha value is -1.35. The van der Waals surface area contributed by atoms with Crippen molar-refractivity contribution in [3.05, 3.63) is 29.8 Å². The number of rotatable bonds is 1. The van der Waals surface area contributed by atoms with Crippen molar-refractivity contribution in [2.45, 2.75) is 6.10 Å². The van der Waals surface area contributed by atoms with Crippen LogP contribution in [0.4, 0.5) is 5.69 Å². The summed E-state index contributed by atoms with van der Waals surface area (Å²) in [5, 5.41) is 3.84. The lowest BCUT2D eigenvalue weighted by Crippen LogP contribution is -2.12. The Balaban J connectivity index is 2.47. The van der Waals surface area contributed by atoms with Gasteiger partial charge in [-0.3, -0.25) is 4.79 Å². The van der Waals surface area contributed by atoms with Crippen molar-refractivity contribution in [1.29, 1.82) is 0 Å². The van der Waals surface area contributed by atoms with E-state index in [9.17, 15) is 4.79 Å². The lowest BCUT2D eigenvalue weighted by atomic mass is 10.1. The van der Waals surface area contributed by atoms with E-state index >= 15 is 0 Å². The van der Waals surface area contributed by atoms with Gasteiger partial charge in [-0.15, -0.1) is 0 Å². The summed E-state index contributed by atoms with van der Waals surface area (Å²) in [5.41, 5.74) is 1.60. The Kier molecular flexibility index (Phi) is 1.59. The van der Waals surface area contributed by atoms with Crippen LogP contribution in [0.15, 0.2) is 24.3 Å². The molecule has 0 aromatic heterocycles. The SMILES string of the molecule is COC1C(=O)[N]c2ccccc21. The Morgan fingerprint density at radius 3 is 2.92 bits per heavy atom. The molecule has 61 valence electrons. The summed E-state index contributed by atoms with van der Waals surface area (Å²) >= 11 is 0. The van der Waals surface area contributed by atoms with E-state index in [2.05, 4.69) is 5.32 Å². The van der Waals surface area contributed by atoms with Crippen LogP contribution in [0.5, 0.6) is 0 Å². The Labute approximate surface area is 70.3 Å². The number of hydrogen-bond donors (Lipinski definition) is 0. The van der Waals surface area contributed by atoms with Gasteiger partial charge in [0.2, 0.25) is 0 Å². The van der Waals surface area contributed by atoms with Gasteiger partial charge in [-0.1, -0.05) is 18.2 Å². The number of carbonyl (C=O) groups is 1. The molecule has 1 heterocycles. The van der Waals surface area contributed by atoms with E-state index in [1.165, 1.54) is 7.11 Å². The predicted octanol–water partition coefficient (Wildman–Crippen LogP) is 1.15. The Bertz CT molecular complexity index is 322. The molecule has 1 atom stereocenters. The van der Waals surface area contributed by atoms with Crippen LogP contribution < -0.4 is 5.32 Å². The largest absolute Gasteiger partial charge is 0.367 e. The fourth-order valence-corrected chi connectivity index (χ4v) is 1.35. The fourth-order valence-electron chi connectivity index (χ4n) is 1.35. The highest BCUT2D eigenvalue weighted by molar-refractivity contribution is 5.92. The molecule has 0 aliphatic carbocycles. The first-order chi connectivity index (χ1) is 5.83. The van der Waals surface area contributed by atoms with Crippen LogP contribution >= 0.6 is 0 Å². The number of carbonyl (C=O) groups excluding carboxylic acids is 1. The van der Waals surface area contributed by atoms with Gasteiger partial charge in [0.15, 0.2) is 6.10 Å². The number of benzene rings is 1. The number of hydrogen-bond acceptors (Lipinski definition) is 2. The fraction of sp³-hybridized carbons (Fsp3) is 0.222. The first-order valence-electron chi connectivity index (χ1n) is 3.70. The molecule has 1 aromatic rings. The molecule has 1 radical (unpaired) electrons. The second-order valence-corrected chi connectivity index (χ2v) is 2.62. The number of ether oxygens (including phenoxy) is 1. The van der Waals surface area contributed by atoms with Crippen molar-refractivity contribution >= 4 is 11.6 Å². The van der Waals surface area contributed by atoms with Crippen LogP contribution in [0.2, 0.25) is 0 Å². The molecule has 1 amide bonds. The third-order valence-electron chi connectivity index (χ3n) is 1.91. The summed E-state index contributed by atoms with van der Waals surface area (Å²) in [4.78, 5) is 11.2. The Morgan fingerprint density at radius 2 is 2.17 bits per heavy atom. The first-order valence-corrected chi connectivity index (χ1v) is 3.70. The molecule has 1 aliphatic rings. The number of amides is 1. The first kappa shape index (κ1) is 7.31. The summed E-state index contributed by atoms with van der Waals surface area (Å²) in [7, 11) is 1.51. The zero-order valence-electron chi connectivity index (χ0n) is 6.65. The maximum Gasteiger partial charge on any atom is 0.280 e. The smallest absolute Gasteiger partial charge is 0.280 e. The molecule has 12 heavy (non-hydrogen) atoms. The number of nitrogens with zero attached hydrogens (tertiary/aromatic N) is 1. The molecule has 1 aliphatic heterocycles. The minimum absolute atomic E-state index is 0.210. The molecule has 3 heteroatoms. The van der Waals surface area contributed by atoms with Crippen molar-refractivity contribution in [3.8, 4) is 0 Å². The van der Waals surface area contributed by atoms with Crippen LogP contribution in [-0.4, -0.2) is 13.0 Å². The third kappa shape index (κ3) is 0.905. The monoisotopic (exact) mass is 162 g/mol. The number of methoxy groups -OCH3 is 1. The van der Waals surface area contributed by atoms with Gasteiger partial charge in [-0.25, -0.2) is 5.32 Å². The molecule has 2 rings (SSSR count). The molecular weight excluding hydrogens is 154 g/mol. The van der Waals surface area contributed by atoms with Gasteiger partial charge in [0.1, 0.15) is 0 Å². The van der Waals surface area contributed by atoms with Gasteiger partial charge >= 0.3 is 0 Å². The van der Waals surface area contributed by atoms with Gasteiger partial charge in [0.05, 0.1) is 5.69 Å². The molecule has 3 nitrogen and oxygen atoms in total. The second-order valence-electron chi connectivity index (χ2n) is 2.62. The van der Waals surface area contributed by atoms with E-state index in [4.69, 9.17) is 4.74 Å². The molecule has 0 saturated heterocycles. The molecule has 1 unspecified atom stereocenters. The molecule has 1 aromatic carbocycles. The van der Waals surface area contributed by atoms with E-state index in [-0.39, 0.29) is 5.91 Å². The second kappa shape index (κ2) is 2.60. The van der Waals surface area contributed by atoms with Crippen molar-refractivity contribution < 1.29 is 9.53 Å². The molecule has 0 N–H and O–H groups in total. The van der Waals surface area contributed by atoms with Gasteiger partial charge in [-0.2, -0.15) is 0 Å². The van der Waals surface area contributed by atoms with Crippen LogP contribution in [-0.2, 0) is 9.53 Å². The number of fused-ring (bicyclic) bond motifs is 1. The zero-order valence-corrected chi connectivity index (χ0v) is 6.65. The van der Waals surface area contributed by atoms with Crippen LogP contribution in [0, 0.1) is 0 Å². The average molecular weight is 162 g/mol. The normalized spacial score (nSPS) is 20.4. The number of para-hydroxylation sites is 1. The van der Waals surface area contributed by atoms with E-state index < -0.39 is 6.10 Å². The standard InChI is InChI=1S/C9H8NO2/c1-12-8-6-4-2-3-5-7(6)10-9(8)11/h2-5,8H,1H3.